The van der Waals surface area contributed by atoms with Crippen molar-refractivity contribution in [3.8, 4) is 0 Å². The molecule has 0 aromatic rings. The molecule has 0 aliphatic rings. The first-order valence-corrected chi connectivity index (χ1v) is 0.651. The van der Waals surface area contributed by atoms with Gasteiger partial charge in [0.05, 0.1) is 0 Å². The largest absolute Gasteiger partial charge is 0.503 e. The van der Waals surface area contributed by atoms with Crippen molar-refractivity contribution >= 4 is 6.16 Å². The molecule has 0 aliphatic heterocycles. The van der Waals surface area contributed by atoms with E-state index in [1.54, 1.807) is 0 Å². The zero-order chi connectivity index (χ0) is 3.58. The summed E-state index contributed by atoms with van der Waals surface area (Å²) in [7, 11) is 0. The summed E-state index contributed by atoms with van der Waals surface area (Å²) in [5.41, 5.74) is 0. The second kappa shape index (κ2) is 16.2. The van der Waals surface area contributed by atoms with E-state index in [-0.39, 0.29) is 42.0 Å². The fourth-order valence-electron chi connectivity index (χ4n) is 0. The Hall–Kier alpha value is 0.373. The molecule has 0 amide bonds. The Kier molecular flexibility index (Phi) is 60.8. The summed E-state index contributed by atoms with van der Waals surface area (Å²) < 4.78 is 0. The Labute approximate surface area is 63.4 Å². The Morgan fingerprint density at radius 2 is 1.29 bits per heavy atom. The summed E-state index contributed by atoms with van der Waals surface area (Å²) in [4.78, 5) is 8.56. The van der Waals surface area contributed by atoms with Crippen LogP contribution < -0.4 is 0 Å². The summed E-state index contributed by atoms with van der Waals surface area (Å²) in [6.07, 6.45) is -1.83. The summed E-state index contributed by atoms with van der Waals surface area (Å²) in [6, 6.07) is 0. The molecule has 0 aromatic heterocycles. The van der Waals surface area contributed by atoms with Crippen LogP contribution in [0.25, 0.3) is 0 Å². The van der Waals surface area contributed by atoms with Crippen LogP contribution in [0, 0.1) is 0 Å². The van der Waals surface area contributed by atoms with Gasteiger partial charge >= 0.3 is 6.16 Å². The minimum Gasteiger partial charge on any atom is -0.450 e. The third kappa shape index (κ3) is 877. The molecule has 0 bridgehead atoms. The predicted octanol–water partition coefficient (Wildman–Crippen LogP) is -0.607. The first-order chi connectivity index (χ1) is 1.73. The van der Waals surface area contributed by atoms with Gasteiger partial charge in [-0.15, -0.1) is 0 Å². The third-order valence-electron chi connectivity index (χ3n) is 0. The van der Waals surface area contributed by atoms with Gasteiger partial charge in [-0.25, -0.2) is 4.79 Å². The van der Waals surface area contributed by atoms with Gasteiger partial charge in [-0.2, -0.15) is 0 Å². The molecule has 7 heavy (non-hydrogen) atoms. The minimum absolute atomic E-state index is 0. The molecule has 0 fully saturated rings. The SMILES string of the molecule is O.O=C(O)O.[Mn].[Zn]. The van der Waals surface area contributed by atoms with Gasteiger partial charge in [0.1, 0.15) is 0 Å². The van der Waals surface area contributed by atoms with E-state index in [0.29, 0.717) is 0 Å². The van der Waals surface area contributed by atoms with Crippen LogP contribution in [0.4, 0.5) is 4.79 Å². The van der Waals surface area contributed by atoms with Crippen LogP contribution in [0.5, 0.6) is 0 Å². The normalized spacial score (nSPS) is 3.43. The van der Waals surface area contributed by atoms with Gasteiger partial charge in [0.15, 0.2) is 0 Å². The molecule has 0 aromatic carbocycles. The molecule has 4 nitrogen and oxygen atoms in total. The van der Waals surface area contributed by atoms with Gasteiger partial charge in [-0.05, 0) is 0 Å². The van der Waals surface area contributed by atoms with E-state index < -0.39 is 6.16 Å². The molecular formula is CH4MnO4Zn. The maximum atomic E-state index is 8.56. The summed E-state index contributed by atoms with van der Waals surface area (Å²) >= 11 is 0. The van der Waals surface area contributed by atoms with Crippen LogP contribution >= 0.6 is 0 Å². The van der Waals surface area contributed by atoms with Crippen molar-refractivity contribution in [1.82, 2.24) is 0 Å². The Balaban J connectivity index is -0.0000000150. The molecule has 0 saturated heterocycles. The second-order valence-corrected chi connectivity index (χ2v) is 0.283. The topological polar surface area (TPSA) is 89.0 Å². The molecule has 4 N–H and O–H groups in total. The monoisotopic (exact) mass is 199 g/mol. The van der Waals surface area contributed by atoms with Crippen molar-refractivity contribution in [1.29, 1.82) is 0 Å². The smallest absolute Gasteiger partial charge is 0.450 e. The van der Waals surface area contributed by atoms with Gasteiger partial charge in [0.25, 0.3) is 0 Å². The average Bonchev–Trinajstić information content (AvgIpc) is 0.811. The van der Waals surface area contributed by atoms with E-state index in [2.05, 4.69) is 0 Å². The van der Waals surface area contributed by atoms with Crippen LogP contribution in [-0.2, 0) is 36.5 Å². The summed E-state index contributed by atoms with van der Waals surface area (Å²) in [6.45, 7) is 0. The number of carboxylic acid groups (broad SMARTS) is 2. The van der Waals surface area contributed by atoms with Crippen LogP contribution in [0.2, 0.25) is 0 Å². The van der Waals surface area contributed by atoms with Crippen molar-refractivity contribution < 1.29 is 57.0 Å². The zero-order valence-electron chi connectivity index (χ0n) is 3.39. The molecule has 41 valence electrons. The van der Waals surface area contributed by atoms with Crippen LogP contribution in [0.15, 0.2) is 0 Å². The quantitative estimate of drug-likeness (QED) is 0.511. The Morgan fingerprint density at radius 3 is 1.29 bits per heavy atom. The fraction of sp³-hybridized carbons (Fsp3) is 0. The van der Waals surface area contributed by atoms with Crippen LogP contribution in [0.3, 0.4) is 0 Å². The summed E-state index contributed by atoms with van der Waals surface area (Å²) in [5, 5.41) is 13.9. The molecule has 0 saturated carbocycles. The molecule has 6 heteroatoms. The maximum Gasteiger partial charge on any atom is 0.503 e. The van der Waals surface area contributed by atoms with E-state index in [0.717, 1.165) is 0 Å². The van der Waals surface area contributed by atoms with E-state index in [9.17, 15) is 0 Å². The molecular weight excluding hydrogens is 196 g/mol. The van der Waals surface area contributed by atoms with Gasteiger partial charge in [0, 0.05) is 36.5 Å². The van der Waals surface area contributed by atoms with Crippen molar-refractivity contribution in [2.45, 2.75) is 0 Å². The van der Waals surface area contributed by atoms with Crippen LogP contribution in [-0.4, -0.2) is 21.8 Å². The standard InChI is InChI=1S/CH2O3.Mn.H2O.Zn/c2-1(3)4;;;/h(H2,2,3,4);;1H2;. The average molecular weight is 200 g/mol. The van der Waals surface area contributed by atoms with Crippen molar-refractivity contribution in [3.05, 3.63) is 0 Å². The molecule has 0 atom stereocenters. The molecule has 0 heterocycles. The third-order valence-corrected chi connectivity index (χ3v) is 0. The molecule has 0 aliphatic carbocycles. The number of hydrogen-bond acceptors (Lipinski definition) is 1. The molecule has 0 rings (SSSR count). The fourth-order valence-corrected chi connectivity index (χ4v) is 0. The first kappa shape index (κ1) is 26.3. The van der Waals surface area contributed by atoms with Crippen LogP contribution in [0.1, 0.15) is 0 Å². The van der Waals surface area contributed by atoms with E-state index >= 15 is 0 Å². The number of hydrogen-bond donors (Lipinski definition) is 2. The van der Waals surface area contributed by atoms with E-state index in [1.807, 2.05) is 0 Å². The second-order valence-electron chi connectivity index (χ2n) is 0.283. The van der Waals surface area contributed by atoms with Gasteiger partial charge in [-0.1, -0.05) is 0 Å². The van der Waals surface area contributed by atoms with E-state index in [4.69, 9.17) is 15.0 Å². The van der Waals surface area contributed by atoms with Crippen molar-refractivity contribution in [3.63, 3.8) is 0 Å². The minimum atomic E-state index is -1.83. The van der Waals surface area contributed by atoms with Gasteiger partial charge < -0.3 is 15.7 Å². The first-order valence-electron chi connectivity index (χ1n) is 0.651. The Morgan fingerprint density at radius 1 is 1.29 bits per heavy atom. The van der Waals surface area contributed by atoms with Gasteiger partial charge in [-0.3, -0.25) is 0 Å². The van der Waals surface area contributed by atoms with Crippen molar-refractivity contribution in [2.75, 3.05) is 0 Å². The Bertz CT molecular complexity index is 34.7. The molecule has 0 spiro atoms. The zero-order valence-corrected chi connectivity index (χ0v) is 7.54. The van der Waals surface area contributed by atoms with E-state index in [1.165, 1.54) is 0 Å². The number of carbonyl (C=O) groups is 1. The summed E-state index contributed by atoms with van der Waals surface area (Å²) in [5.74, 6) is 0. The number of rotatable bonds is 0. The predicted molar refractivity (Wildman–Crippen MR) is 14.3 cm³/mol. The molecule has 1 radical (unpaired) electrons. The molecule has 0 unspecified atom stereocenters. The van der Waals surface area contributed by atoms with Crippen molar-refractivity contribution in [2.24, 2.45) is 0 Å². The maximum absolute atomic E-state index is 8.56. The van der Waals surface area contributed by atoms with Gasteiger partial charge in [0.2, 0.25) is 0 Å².